The van der Waals surface area contributed by atoms with Crippen molar-refractivity contribution in [2.24, 2.45) is 0 Å². The van der Waals surface area contributed by atoms with E-state index in [1.54, 1.807) is 12.1 Å². The van der Waals surface area contributed by atoms with E-state index in [4.69, 9.17) is 15.6 Å². The van der Waals surface area contributed by atoms with Crippen LogP contribution in [0.5, 0.6) is 0 Å². The van der Waals surface area contributed by atoms with Crippen molar-refractivity contribution in [1.82, 2.24) is 9.13 Å². The van der Waals surface area contributed by atoms with E-state index in [1.165, 1.54) is 43.7 Å². The molecular weight excluding hydrogens is 649 g/mol. The molecule has 0 saturated carbocycles. The Kier molecular flexibility index (Phi) is 7.59. The number of rotatable bonds is 5. The Morgan fingerprint density at radius 3 is 1.34 bits per heavy atom. The van der Waals surface area contributed by atoms with Gasteiger partial charge in [-0.15, -0.1) is 0 Å². The molecule has 2 aromatic heterocycles. The molecule has 0 unspecified atom stereocenters. The third-order valence-corrected chi connectivity index (χ3v) is 10.3. The van der Waals surface area contributed by atoms with E-state index in [0.29, 0.717) is 11.1 Å². The van der Waals surface area contributed by atoms with Gasteiger partial charge >= 0.3 is 0 Å². The summed E-state index contributed by atoms with van der Waals surface area (Å²) in [7, 11) is 0. The highest BCUT2D eigenvalue weighted by Crippen LogP contribution is 2.38. The number of nitrogens with zero attached hydrogens (tertiary/aromatic N) is 2. The number of ether oxygens (including phenoxy) is 1. The van der Waals surface area contributed by atoms with Gasteiger partial charge in [-0.2, -0.15) is 0 Å². The Bertz CT molecular complexity index is 2850. The van der Waals surface area contributed by atoms with Crippen molar-refractivity contribution < 1.29 is 4.74 Å². The Hall–Kier alpha value is -6.72. The van der Waals surface area contributed by atoms with Gasteiger partial charge in [-0.25, -0.2) is 0 Å². The fraction of sp³-hybridized carbons (Fsp3) is 0.0833. The van der Waals surface area contributed by atoms with Crippen molar-refractivity contribution in [3.8, 4) is 22.5 Å². The molecule has 0 bridgehead atoms. The molecule has 0 aliphatic rings. The second-order valence-electron chi connectivity index (χ2n) is 14.6. The molecule has 9 aromatic rings. The summed E-state index contributed by atoms with van der Waals surface area (Å²) in [6, 6.07) is 56.8. The largest absolute Gasteiger partial charge is 0.421 e. The number of hydrogen-bond donors (Lipinski definition) is 2. The highest BCUT2D eigenvalue weighted by Gasteiger charge is 2.18. The zero-order valence-electron chi connectivity index (χ0n) is 29.9. The van der Waals surface area contributed by atoms with Crippen molar-refractivity contribution in [2.45, 2.75) is 26.2 Å². The van der Waals surface area contributed by atoms with Gasteiger partial charge in [0.25, 0.3) is 0 Å². The molecule has 5 nitrogen and oxygen atoms in total. The minimum atomic E-state index is -0.0594. The molecule has 0 aliphatic heterocycles. The summed E-state index contributed by atoms with van der Waals surface area (Å²) in [5.41, 5.74) is 11.8. The molecule has 7 aromatic carbocycles. The summed E-state index contributed by atoms with van der Waals surface area (Å²) < 4.78 is 10.2. The molecule has 2 N–H and O–H groups in total. The van der Waals surface area contributed by atoms with E-state index in [0.717, 1.165) is 28.0 Å². The number of fused-ring (bicyclic) bond motifs is 6. The second-order valence-corrected chi connectivity index (χ2v) is 14.6. The van der Waals surface area contributed by atoms with E-state index in [-0.39, 0.29) is 17.2 Å². The molecule has 256 valence electrons. The average Bonchev–Trinajstić information content (AvgIpc) is 3.70. The van der Waals surface area contributed by atoms with E-state index in [1.807, 2.05) is 42.5 Å². The quantitative estimate of drug-likeness (QED) is 0.137. The first kappa shape index (κ1) is 32.2. The zero-order chi connectivity index (χ0) is 36.3. The SMILES string of the molecule is CC(C)(C)c1ccc(-n2c3ccccc3c3cc(-c4ccc5c(c4)c4ccccc4n5-c4ccc(C(=N)OC(=N)c5ccccc5)cc4)ccc32)cc1. The van der Waals surface area contributed by atoms with E-state index in [2.05, 4.69) is 139 Å². The van der Waals surface area contributed by atoms with E-state index in [9.17, 15) is 0 Å². The maximum atomic E-state index is 8.52. The van der Waals surface area contributed by atoms with Crippen LogP contribution in [0.4, 0.5) is 0 Å². The van der Waals surface area contributed by atoms with Gasteiger partial charge in [-0.3, -0.25) is 10.8 Å². The molecular formula is C48H38N4O. The summed E-state index contributed by atoms with van der Waals surface area (Å²) in [6.45, 7) is 6.76. The van der Waals surface area contributed by atoms with Crippen LogP contribution in [-0.2, 0) is 10.2 Å². The normalized spacial score (nSPS) is 11.8. The standard InChI is InChI=1S/C48H38N4O/c1-48(2,3)35-21-25-37(26-22-35)52-43-16-10-8-14-39(43)41-30-34(20-28-45(41)52)33-19-27-44-40(29-33)38-13-7-9-15-42(38)51(44)36-23-17-32(18-24-36)47(50)53-46(49)31-11-5-4-6-12-31/h4-30,49-50H,1-3H3. The fourth-order valence-corrected chi connectivity index (χ4v) is 7.54. The molecule has 0 fully saturated rings. The maximum Gasteiger partial charge on any atom is 0.221 e. The molecule has 0 amide bonds. The summed E-state index contributed by atoms with van der Waals surface area (Å²) in [6.07, 6.45) is 0. The summed E-state index contributed by atoms with van der Waals surface area (Å²) in [5.74, 6) is -0.107. The van der Waals surface area contributed by atoms with Gasteiger partial charge in [0.2, 0.25) is 11.8 Å². The second kappa shape index (κ2) is 12.5. The zero-order valence-corrected chi connectivity index (χ0v) is 29.9. The number of para-hydroxylation sites is 2. The molecule has 9 rings (SSSR count). The number of nitrogens with one attached hydrogen (secondary N) is 2. The van der Waals surface area contributed by atoms with Crippen LogP contribution in [0.25, 0.3) is 66.1 Å². The van der Waals surface area contributed by atoms with Crippen LogP contribution in [0, 0.1) is 10.8 Å². The van der Waals surface area contributed by atoms with Gasteiger partial charge in [0.05, 0.1) is 22.1 Å². The smallest absolute Gasteiger partial charge is 0.221 e. The number of aromatic nitrogens is 2. The Morgan fingerprint density at radius 1 is 0.434 bits per heavy atom. The summed E-state index contributed by atoms with van der Waals surface area (Å²) in [4.78, 5) is 0. The summed E-state index contributed by atoms with van der Waals surface area (Å²) >= 11 is 0. The van der Waals surface area contributed by atoms with Crippen molar-refractivity contribution >= 4 is 55.4 Å². The van der Waals surface area contributed by atoms with Crippen molar-refractivity contribution in [1.29, 1.82) is 10.8 Å². The van der Waals surface area contributed by atoms with Crippen LogP contribution < -0.4 is 0 Å². The highest BCUT2D eigenvalue weighted by molar-refractivity contribution is 6.13. The summed E-state index contributed by atoms with van der Waals surface area (Å²) in [5, 5.41) is 21.6. The lowest BCUT2D eigenvalue weighted by Crippen LogP contribution is -2.12. The lowest BCUT2D eigenvalue weighted by molar-refractivity contribution is 0.538. The van der Waals surface area contributed by atoms with Crippen LogP contribution in [0.15, 0.2) is 164 Å². The molecule has 5 heteroatoms. The Labute approximate surface area is 308 Å². The van der Waals surface area contributed by atoms with Gasteiger partial charge in [0.15, 0.2) is 0 Å². The Balaban J connectivity index is 1.09. The van der Waals surface area contributed by atoms with Gasteiger partial charge in [-0.05, 0) is 107 Å². The Morgan fingerprint density at radius 2 is 0.849 bits per heavy atom. The molecule has 0 atom stereocenters. The molecule has 0 saturated heterocycles. The third-order valence-electron chi connectivity index (χ3n) is 10.3. The molecule has 0 radical (unpaired) electrons. The predicted octanol–water partition coefficient (Wildman–Crippen LogP) is 12.2. The monoisotopic (exact) mass is 686 g/mol. The first-order chi connectivity index (χ1) is 25.7. The van der Waals surface area contributed by atoms with Crippen LogP contribution in [-0.4, -0.2) is 20.9 Å². The van der Waals surface area contributed by atoms with Gasteiger partial charge in [0, 0.05) is 44.0 Å². The van der Waals surface area contributed by atoms with Crippen LogP contribution in [0.2, 0.25) is 0 Å². The number of benzene rings is 7. The first-order valence-electron chi connectivity index (χ1n) is 17.9. The molecule has 0 spiro atoms. The van der Waals surface area contributed by atoms with Crippen LogP contribution in [0.3, 0.4) is 0 Å². The number of hydrogen-bond acceptors (Lipinski definition) is 3. The lowest BCUT2D eigenvalue weighted by Gasteiger charge is -2.19. The van der Waals surface area contributed by atoms with Gasteiger partial charge < -0.3 is 13.9 Å². The lowest BCUT2D eigenvalue weighted by atomic mass is 9.87. The molecule has 2 heterocycles. The van der Waals surface area contributed by atoms with Crippen LogP contribution >= 0.6 is 0 Å². The highest BCUT2D eigenvalue weighted by atomic mass is 16.5. The molecule has 53 heavy (non-hydrogen) atoms. The first-order valence-corrected chi connectivity index (χ1v) is 17.9. The molecule has 0 aliphatic carbocycles. The topological polar surface area (TPSA) is 66.8 Å². The van der Waals surface area contributed by atoms with Crippen LogP contribution in [0.1, 0.15) is 37.5 Å². The minimum absolute atomic E-state index is 0.0475. The van der Waals surface area contributed by atoms with E-state index < -0.39 is 0 Å². The predicted molar refractivity (Wildman–Crippen MR) is 220 cm³/mol. The third kappa shape index (κ3) is 5.58. The minimum Gasteiger partial charge on any atom is -0.421 e. The van der Waals surface area contributed by atoms with Gasteiger partial charge in [-0.1, -0.05) is 99.6 Å². The van der Waals surface area contributed by atoms with Crippen molar-refractivity contribution in [3.63, 3.8) is 0 Å². The average molecular weight is 687 g/mol. The van der Waals surface area contributed by atoms with Crippen molar-refractivity contribution in [2.75, 3.05) is 0 Å². The maximum absolute atomic E-state index is 8.52. The van der Waals surface area contributed by atoms with E-state index >= 15 is 0 Å². The van der Waals surface area contributed by atoms with Crippen molar-refractivity contribution in [3.05, 3.63) is 180 Å². The van der Waals surface area contributed by atoms with Gasteiger partial charge in [0.1, 0.15) is 0 Å². The fourth-order valence-electron chi connectivity index (χ4n) is 7.54.